The minimum atomic E-state index is -0.251. The van der Waals surface area contributed by atoms with Crippen LogP contribution in [0.1, 0.15) is 0 Å². The van der Waals surface area contributed by atoms with E-state index < -0.39 is 0 Å². The van der Waals surface area contributed by atoms with Gasteiger partial charge < -0.3 is 47.6 Å². The monoisotopic (exact) mass is 468 g/mol. The molecule has 3 aromatic rings. The minimum Gasteiger partial charge on any atom is -0.490 e. The maximum Gasteiger partial charge on any atom is 0.142 e. The first-order valence-electron chi connectivity index (χ1n) is 10.8. The summed E-state index contributed by atoms with van der Waals surface area (Å²) < 4.78 is 17.6. The fourth-order valence-electron chi connectivity index (χ4n) is 3.06. The molecule has 3 aromatic carbocycles. The van der Waals surface area contributed by atoms with Crippen molar-refractivity contribution >= 4 is 28.4 Å². The van der Waals surface area contributed by atoms with Crippen molar-refractivity contribution in [2.75, 3.05) is 61.3 Å². The van der Waals surface area contributed by atoms with Gasteiger partial charge in [0.25, 0.3) is 0 Å². The summed E-state index contributed by atoms with van der Waals surface area (Å²) in [5, 5.41) is 15.3. The normalized spacial score (nSPS) is 10.8. The molecule has 182 valence electrons. The number of hydrogen-bond donors (Lipinski definition) is 7. The predicted molar refractivity (Wildman–Crippen MR) is 136 cm³/mol. The third-order valence-corrected chi connectivity index (χ3v) is 4.85. The van der Waals surface area contributed by atoms with Gasteiger partial charge in [-0.05, 0) is 60.7 Å². The van der Waals surface area contributed by atoms with Crippen LogP contribution in [0.15, 0.2) is 60.7 Å². The van der Waals surface area contributed by atoms with E-state index in [4.69, 9.17) is 42.3 Å². The Bertz CT molecular complexity index is 993. The highest BCUT2D eigenvalue weighted by molar-refractivity contribution is 5.61. The van der Waals surface area contributed by atoms with Gasteiger partial charge in [0, 0.05) is 23.6 Å². The smallest absolute Gasteiger partial charge is 0.142 e. The van der Waals surface area contributed by atoms with Crippen molar-refractivity contribution in [3.8, 4) is 17.2 Å². The first-order chi connectivity index (χ1) is 16.4. The zero-order valence-corrected chi connectivity index (χ0v) is 18.9. The van der Waals surface area contributed by atoms with E-state index in [0.717, 1.165) is 5.69 Å². The molecule has 0 saturated heterocycles. The molecule has 0 aliphatic carbocycles. The molecule has 0 bridgehead atoms. The molecule has 10 heteroatoms. The number of benzene rings is 3. The van der Waals surface area contributed by atoms with E-state index in [2.05, 4.69) is 10.6 Å². The topological polar surface area (TPSA) is 176 Å². The van der Waals surface area contributed by atoms with Crippen LogP contribution in [0.4, 0.5) is 28.4 Å². The molecule has 3 rings (SSSR count). The first kappa shape index (κ1) is 24.6. The Labute approximate surface area is 198 Å². The van der Waals surface area contributed by atoms with Crippen molar-refractivity contribution < 1.29 is 19.3 Å². The summed E-state index contributed by atoms with van der Waals surface area (Å²) in [5.74, 6) is 1.74. The molecule has 10 nitrogen and oxygen atoms in total. The van der Waals surface area contributed by atoms with Gasteiger partial charge in [0.1, 0.15) is 37.2 Å². The molecule has 0 unspecified atom stereocenters. The predicted octanol–water partition coefficient (Wildman–Crippen LogP) is 1.87. The highest BCUT2D eigenvalue weighted by Crippen LogP contribution is 2.25. The van der Waals surface area contributed by atoms with Crippen molar-refractivity contribution in [3.05, 3.63) is 60.7 Å². The van der Waals surface area contributed by atoms with Crippen LogP contribution in [0.2, 0.25) is 0 Å². The van der Waals surface area contributed by atoms with Crippen molar-refractivity contribution in [2.45, 2.75) is 6.04 Å². The molecule has 0 spiro atoms. The van der Waals surface area contributed by atoms with Gasteiger partial charge in [-0.15, -0.1) is 0 Å². The van der Waals surface area contributed by atoms with Gasteiger partial charge in [0.05, 0.1) is 24.0 Å². The molecule has 0 aromatic heterocycles. The van der Waals surface area contributed by atoms with Gasteiger partial charge in [-0.25, -0.2) is 0 Å². The molecule has 34 heavy (non-hydrogen) atoms. The van der Waals surface area contributed by atoms with Crippen LogP contribution in [0, 0.1) is 0 Å². The summed E-state index contributed by atoms with van der Waals surface area (Å²) >= 11 is 0. The minimum absolute atomic E-state index is 0.0672. The zero-order valence-electron chi connectivity index (χ0n) is 18.9. The maximum absolute atomic E-state index is 8.90. The molecule has 0 radical (unpaired) electrons. The Morgan fingerprint density at radius 3 is 1.79 bits per heavy atom. The van der Waals surface area contributed by atoms with Crippen LogP contribution >= 0.6 is 0 Å². The molecule has 0 atom stereocenters. The lowest BCUT2D eigenvalue weighted by Crippen LogP contribution is -2.41. The quantitative estimate of drug-likeness (QED) is 0.145. The van der Waals surface area contributed by atoms with Crippen molar-refractivity contribution in [2.24, 2.45) is 0 Å². The number of aliphatic hydroxyl groups is 1. The third kappa shape index (κ3) is 7.54. The van der Waals surface area contributed by atoms with E-state index in [1.165, 1.54) is 0 Å². The summed E-state index contributed by atoms with van der Waals surface area (Å²) in [5.41, 5.74) is 26.4. The van der Waals surface area contributed by atoms with Gasteiger partial charge in [-0.1, -0.05) is 0 Å². The molecular formula is C24H32N6O4. The summed E-state index contributed by atoms with van der Waals surface area (Å²) in [4.78, 5) is 0. The maximum atomic E-state index is 8.90. The third-order valence-electron chi connectivity index (χ3n) is 4.85. The number of nitrogens with one attached hydrogen (secondary N) is 2. The number of ether oxygens (including phenoxy) is 3. The number of hydrogen-bond acceptors (Lipinski definition) is 10. The van der Waals surface area contributed by atoms with E-state index in [0.29, 0.717) is 46.5 Å². The number of aliphatic hydroxyl groups excluding tert-OH is 1. The van der Waals surface area contributed by atoms with Crippen LogP contribution in [0.5, 0.6) is 17.2 Å². The van der Waals surface area contributed by atoms with Crippen LogP contribution in [-0.4, -0.2) is 44.2 Å². The molecule has 11 N–H and O–H groups in total. The van der Waals surface area contributed by atoms with Crippen LogP contribution in [-0.2, 0) is 0 Å². The number of nitrogens with two attached hydrogens (primary N) is 4. The SMILES string of the molecule is Nc1ccc(OCC(COc2ccc(N)cc2N)NCOc2ccc(NCCO)cc2)c(N)c1. The molecule has 0 aliphatic heterocycles. The van der Waals surface area contributed by atoms with Crippen LogP contribution < -0.4 is 47.8 Å². The molecule has 0 aliphatic rings. The summed E-state index contributed by atoms with van der Waals surface area (Å²) in [6, 6.07) is 17.4. The van der Waals surface area contributed by atoms with Crippen molar-refractivity contribution in [1.82, 2.24) is 5.32 Å². The molecule has 0 heterocycles. The molecule has 0 fully saturated rings. The van der Waals surface area contributed by atoms with Gasteiger partial charge >= 0.3 is 0 Å². The molecule has 0 amide bonds. The number of anilines is 5. The second-order valence-electron chi connectivity index (χ2n) is 7.58. The Balaban J connectivity index is 1.58. The lowest BCUT2D eigenvalue weighted by Gasteiger charge is -2.21. The number of nitrogen functional groups attached to an aromatic ring is 4. The average Bonchev–Trinajstić information content (AvgIpc) is 2.81. The summed E-state index contributed by atoms with van der Waals surface area (Å²) in [6.45, 7) is 1.29. The van der Waals surface area contributed by atoms with Crippen molar-refractivity contribution in [3.63, 3.8) is 0 Å². The standard InChI is InChI=1S/C24H32N6O4/c25-16-1-7-23(21(27)11-16)32-13-19(14-33-24-8-2-17(26)12-22(24)28)30-15-34-20-5-3-18(4-6-20)29-9-10-31/h1-8,11-12,19,29-31H,9-10,13-15,25-28H2. The largest absolute Gasteiger partial charge is 0.490 e. The Morgan fingerprint density at radius 2 is 1.29 bits per heavy atom. The second-order valence-corrected chi connectivity index (χ2v) is 7.58. The Kier molecular flexibility index (Phi) is 8.89. The highest BCUT2D eigenvalue weighted by Gasteiger charge is 2.13. The van der Waals surface area contributed by atoms with Crippen molar-refractivity contribution in [1.29, 1.82) is 0 Å². The van der Waals surface area contributed by atoms with Crippen LogP contribution in [0.3, 0.4) is 0 Å². The highest BCUT2D eigenvalue weighted by atomic mass is 16.5. The van der Waals surface area contributed by atoms with Gasteiger partial charge in [-0.3, -0.25) is 5.32 Å². The van der Waals surface area contributed by atoms with E-state index >= 15 is 0 Å². The molecule has 0 saturated carbocycles. The second kappa shape index (κ2) is 12.3. The first-order valence-corrected chi connectivity index (χ1v) is 10.8. The average molecular weight is 469 g/mol. The van der Waals surface area contributed by atoms with E-state index in [1.54, 1.807) is 36.4 Å². The van der Waals surface area contributed by atoms with Crippen LogP contribution in [0.25, 0.3) is 0 Å². The number of rotatable bonds is 13. The van der Waals surface area contributed by atoms with Gasteiger partial charge in [0.2, 0.25) is 0 Å². The van der Waals surface area contributed by atoms with Gasteiger partial charge in [-0.2, -0.15) is 0 Å². The van der Waals surface area contributed by atoms with Gasteiger partial charge in [0.15, 0.2) is 0 Å². The fraction of sp³-hybridized carbons (Fsp3) is 0.250. The lowest BCUT2D eigenvalue weighted by molar-refractivity contribution is 0.167. The summed E-state index contributed by atoms with van der Waals surface area (Å²) in [6.07, 6.45) is 0. The summed E-state index contributed by atoms with van der Waals surface area (Å²) in [7, 11) is 0. The fourth-order valence-corrected chi connectivity index (χ4v) is 3.06. The Morgan fingerprint density at radius 1 is 0.735 bits per heavy atom. The van der Waals surface area contributed by atoms with E-state index in [-0.39, 0.29) is 32.6 Å². The van der Waals surface area contributed by atoms with E-state index in [1.807, 2.05) is 24.3 Å². The Hall–Kier alpha value is -4.02. The zero-order chi connectivity index (χ0) is 24.3. The lowest BCUT2D eigenvalue weighted by atomic mass is 10.2. The van der Waals surface area contributed by atoms with E-state index in [9.17, 15) is 0 Å². The molecular weight excluding hydrogens is 436 g/mol.